The van der Waals surface area contributed by atoms with E-state index >= 15 is 0 Å². The van der Waals surface area contributed by atoms with E-state index in [1.165, 1.54) is 33.6 Å². The van der Waals surface area contributed by atoms with Crippen LogP contribution in [0.4, 0.5) is 4.39 Å². The van der Waals surface area contributed by atoms with E-state index in [2.05, 4.69) is 10.1 Å². The van der Waals surface area contributed by atoms with Gasteiger partial charge in [-0.05, 0) is 56.5 Å². The molecule has 1 aliphatic heterocycles. The van der Waals surface area contributed by atoms with Crippen LogP contribution >= 0.6 is 0 Å². The second-order valence-corrected chi connectivity index (χ2v) is 10.4. The molecule has 4 rings (SSSR count). The Morgan fingerprint density at radius 1 is 1.12 bits per heavy atom. The minimum Gasteiger partial charge on any atom is -0.366 e. The number of primary amides is 1. The van der Waals surface area contributed by atoms with Gasteiger partial charge in [-0.3, -0.25) is 4.79 Å². The third kappa shape index (κ3) is 5.07. The largest absolute Gasteiger partial charge is 0.366 e. The maximum atomic E-state index is 13.5. The number of carbonyl (C=O) groups is 1. The summed E-state index contributed by atoms with van der Waals surface area (Å²) in [6.07, 6.45) is 2.22. The van der Waals surface area contributed by atoms with Gasteiger partial charge in [-0.15, -0.1) is 5.10 Å². The molecule has 2 heterocycles. The molecule has 0 atom stereocenters. The first-order chi connectivity index (χ1) is 16.1. The molecule has 34 heavy (non-hydrogen) atoms. The number of nitrogens with two attached hydrogens (primary N) is 1. The van der Waals surface area contributed by atoms with Crippen molar-refractivity contribution in [2.75, 3.05) is 13.1 Å². The van der Waals surface area contributed by atoms with Crippen molar-refractivity contribution in [2.24, 2.45) is 5.73 Å². The van der Waals surface area contributed by atoms with Gasteiger partial charge in [0.25, 0.3) is 5.91 Å². The smallest absolute Gasteiger partial charge is 0.250 e. The molecule has 0 aliphatic carbocycles. The Balaban J connectivity index is 1.66. The van der Waals surface area contributed by atoms with Crippen LogP contribution in [0.2, 0.25) is 0 Å². The maximum absolute atomic E-state index is 13.5. The first-order valence-corrected chi connectivity index (χ1v) is 12.3. The second kappa shape index (κ2) is 9.47. The monoisotopic (exact) mass is 483 g/mol. The molecule has 10 heteroatoms. The molecule has 178 valence electrons. The third-order valence-corrected chi connectivity index (χ3v) is 7.58. The van der Waals surface area contributed by atoms with E-state index in [0.29, 0.717) is 11.4 Å². The number of hydrogen-bond donors (Lipinski definition) is 1. The number of carbonyl (C=O) groups excluding carboxylic acids is 1. The molecule has 1 aromatic heterocycles. The van der Waals surface area contributed by atoms with Crippen LogP contribution in [-0.4, -0.2) is 52.7 Å². The van der Waals surface area contributed by atoms with Crippen LogP contribution in [0.5, 0.6) is 0 Å². The minimum atomic E-state index is -3.83. The van der Waals surface area contributed by atoms with Crippen molar-refractivity contribution < 1.29 is 17.6 Å². The highest BCUT2D eigenvalue weighted by atomic mass is 32.2. The van der Waals surface area contributed by atoms with E-state index in [4.69, 9.17) is 5.73 Å². The van der Waals surface area contributed by atoms with Crippen molar-refractivity contribution in [3.63, 3.8) is 0 Å². The molecule has 0 saturated carbocycles. The summed E-state index contributed by atoms with van der Waals surface area (Å²) < 4.78 is 42.2. The number of aryl methyl sites for hydroxylation is 2. The van der Waals surface area contributed by atoms with Gasteiger partial charge in [-0.25, -0.2) is 22.5 Å². The van der Waals surface area contributed by atoms with Gasteiger partial charge in [0.2, 0.25) is 10.0 Å². The molecule has 2 aromatic carbocycles. The van der Waals surface area contributed by atoms with Gasteiger partial charge < -0.3 is 5.73 Å². The number of piperidine rings is 1. The lowest BCUT2D eigenvalue weighted by molar-refractivity contribution is -0.112. The fraction of sp³-hybridized carbons (Fsp3) is 0.292. The summed E-state index contributed by atoms with van der Waals surface area (Å²) in [6, 6.07) is 12.0. The molecule has 0 unspecified atom stereocenters. The highest BCUT2D eigenvalue weighted by molar-refractivity contribution is 7.89. The number of hydrogen-bond acceptors (Lipinski definition) is 5. The molecule has 0 radical (unpaired) electrons. The lowest BCUT2D eigenvalue weighted by Crippen LogP contribution is -2.39. The molecule has 1 saturated heterocycles. The SMILES string of the molecule is Cc1cc(C)cc(-c2ncn(/C=C(/C(N)=O)c3cccc(S(=O)(=O)N4CCC(F)CC4)c3)n2)c1. The van der Waals surface area contributed by atoms with Crippen LogP contribution in [0, 0.1) is 13.8 Å². The number of benzene rings is 2. The maximum Gasteiger partial charge on any atom is 0.250 e. The van der Waals surface area contributed by atoms with Gasteiger partial charge in [0.1, 0.15) is 12.5 Å². The Kier molecular flexibility index (Phi) is 6.63. The predicted molar refractivity (Wildman–Crippen MR) is 128 cm³/mol. The Morgan fingerprint density at radius 2 is 1.79 bits per heavy atom. The van der Waals surface area contributed by atoms with Gasteiger partial charge in [-0.2, -0.15) is 4.31 Å². The number of alkyl halides is 1. The van der Waals surface area contributed by atoms with Crippen molar-refractivity contribution in [3.05, 3.63) is 65.5 Å². The van der Waals surface area contributed by atoms with Crippen molar-refractivity contribution in [1.82, 2.24) is 19.1 Å². The van der Waals surface area contributed by atoms with E-state index in [1.807, 2.05) is 32.0 Å². The fourth-order valence-corrected chi connectivity index (χ4v) is 5.54. The summed E-state index contributed by atoms with van der Waals surface area (Å²) in [6.45, 7) is 4.21. The first kappa shape index (κ1) is 23.8. The Labute approximate surface area is 198 Å². The highest BCUT2D eigenvalue weighted by Gasteiger charge is 2.29. The van der Waals surface area contributed by atoms with E-state index < -0.39 is 22.1 Å². The van der Waals surface area contributed by atoms with E-state index in [1.54, 1.807) is 12.1 Å². The van der Waals surface area contributed by atoms with E-state index in [9.17, 15) is 17.6 Å². The summed E-state index contributed by atoms with van der Waals surface area (Å²) in [5.74, 6) is -0.254. The van der Waals surface area contributed by atoms with Crippen LogP contribution in [0.1, 0.15) is 29.5 Å². The zero-order valence-corrected chi connectivity index (χ0v) is 19.8. The number of rotatable bonds is 6. The Bertz CT molecular complexity index is 1340. The summed E-state index contributed by atoms with van der Waals surface area (Å²) >= 11 is 0. The second-order valence-electron chi connectivity index (χ2n) is 8.44. The average molecular weight is 484 g/mol. The minimum absolute atomic E-state index is 0.0176. The Morgan fingerprint density at radius 3 is 2.44 bits per heavy atom. The normalized spacial score (nSPS) is 16.0. The van der Waals surface area contributed by atoms with Gasteiger partial charge >= 0.3 is 0 Å². The van der Waals surface area contributed by atoms with Gasteiger partial charge in [-0.1, -0.05) is 29.3 Å². The molecular formula is C24H26FN5O3S. The average Bonchev–Trinajstić information content (AvgIpc) is 3.26. The Hall–Kier alpha value is -3.37. The van der Waals surface area contributed by atoms with E-state index in [0.717, 1.165) is 16.7 Å². The van der Waals surface area contributed by atoms with Crippen LogP contribution in [0.25, 0.3) is 23.2 Å². The van der Waals surface area contributed by atoms with Crippen molar-refractivity contribution in [3.8, 4) is 11.4 Å². The molecule has 2 N–H and O–H groups in total. The van der Waals surface area contributed by atoms with Crippen molar-refractivity contribution >= 4 is 27.7 Å². The topological polar surface area (TPSA) is 111 Å². The summed E-state index contributed by atoms with van der Waals surface area (Å²) in [5, 5.41) is 4.42. The lowest BCUT2D eigenvalue weighted by atomic mass is 10.1. The molecule has 0 spiro atoms. The number of halogens is 1. The molecule has 1 fully saturated rings. The van der Waals surface area contributed by atoms with Crippen LogP contribution < -0.4 is 5.73 Å². The summed E-state index contributed by atoms with van der Waals surface area (Å²) in [7, 11) is -3.83. The van der Waals surface area contributed by atoms with Gasteiger partial charge in [0.05, 0.1) is 10.5 Å². The summed E-state index contributed by atoms with van der Waals surface area (Å²) in [5.41, 5.74) is 9.03. The molecular weight excluding hydrogens is 457 g/mol. The third-order valence-electron chi connectivity index (χ3n) is 5.68. The van der Waals surface area contributed by atoms with E-state index in [-0.39, 0.29) is 36.4 Å². The quantitative estimate of drug-likeness (QED) is 0.542. The van der Waals surface area contributed by atoms with Crippen LogP contribution in [0.3, 0.4) is 0 Å². The standard InChI is InChI=1S/C24H26FN5O3S/c1-16-10-17(2)12-19(11-16)24-27-15-29(28-24)14-22(23(26)31)18-4-3-5-21(13-18)34(32,33)30-8-6-20(25)7-9-30/h3-5,10-15,20H,6-9H2,1-2H3,(H2,26,31)/b22-14+. The van der Waals surface area contributed by atoms with Crippen molar-refractivity contribution in [1.29, 1.82) is 0 Å². The highest BCUT2D eigenvalue weighted by Crippen LogP contribution is 2.25. The van der Waals surface area contributed by atoms with Crippen LogP contribution in [-0.2, 0) is 14.8 Å². The first-order valence-electron chi connectivity index (χ1n) is 10.9. The zero-order chi connectivity index (χ0) is 24.5. The number of nitrogens with zero attached hydrogens (tertiary/aromatic N) is 4. The molecule has 1 amide bonds. The number of aromatic nitrogens is 3. The predicted octanol–water partition coefficient (Wildman–Crippen LogP) is 3.17. The summed E-state index contributed by atoms with van der Waals surface area (Å²) in [4.78, 5) is 16.6. The fourth-order valence-electron chi connectivity index (χ4n) is 4.02. The van der Waals surface area contributed by atoms with Crippen molar-refractivity contribution in [2.45, 2.75) is 37.8 Å². The molecule has 8 nitrogen and oxygen atoms in total. The van der Waals surface area contributed by atoms with Gasteiger partial charge in [0.15, 0.2) is 5.82 Å². The van der Waals surface area contributed by atoms with Crippen LogP contribution in [0.15, 0.2) is 53.7 Å². The molecule has 1 aliphatic rings. The molecule has 3 aromatic rings. The zero-order valence-electron chi connectivity index (χ0n) is 19.0. The molecule has 0 bridgehead atoms. The lowest BCUT2D eigenvalue weighted by Gasteiger charge is -2.28. The number of amides is 1. The number of sulfonamides is 1. The van der Waals surface area contributed by atoms with Gasteiger partial charge in [0, 0.05) is 24.9 Å².